The average Bonchev–Trinajstić information content (AvgIpc) is 2.25. The fourth-order valence-electron chi connectivity index (χ4n) is 1.80. The lowest BCUT2D eigenvalue weighted by Gasteiger charge is -2.38. The van der Waals surface area contributed by atoms with Crippen LogP contribution in [0, 0.1) is 0 Å². The van der Waals surface area contributed by atoms with Gasteiger partial charge in [0.05, 0.1) is 31.8 Å². The van der Waals surface area contributed by atoms with E-state index in [1.807, 2.05) is 0 Å². The zero-order valence-electron chi connectivity index (χ0n) is 11.5. The number of carbonyl (C=O) groups excluding carboxylic acids is 1. The molecule has 0 aliphatic carbocycles. The summed E-state index contributed by atoms with van der Waals surface area (Å²) in [5.74, 6) is -1.12. The van der Waals surface area contributed by atoms with E-state index in [4.69, 9.17) is 14.6 Å². The summed E-state index contributed by atoms with van der Waals surface area (Å²) in [5.41, 5.74) is -0.641. The van der Waals surface area contributed by atoms with E-state index in [0.29, 0.717) is 6.61 Å². The van der Waals surface area contributed by atoms with E-state index in [-0.39, 0.29) is 13.2 Å². The largest absolute Gasteiger partial charge is 0.481 e. The van der Waals surface area contributed by atoms with Crippen LogP contribution >= 0.6 is 0 Å². The van der Waals surface area contributed by atoms with Gasteiger partial charge in [-0.25, -0.2) is 4.79 Å². The molecule has 1 rings (SSSR count). The number of aliphatic carboxylic acids is 1. The van der Waals surface area contributed by atoms with Crippen molar-refractivity contribution < 1.29 is 29.3 Å². The van der Waals surface area contributed by atoms with Gasteiger partial charge in [0, 0.05) is 6.54 Å². The molecule has 1 saturated heterocycles. The Morgan fingerprint density at radius 2 is 2.11 bits per heavy atom. The number of aliphatic hydroxyl groups is 1. The molecule has 0 bridgehead atoms. The molecule has 1 heterocycles. The van der Waals surface area contributed by atoms with Crippen molar-refractivity contribution >= 4 is 12.1 Å². The number of amides is 1. The maximum absolute atomic E-state index is 12.0. The summed E-state index contributed by atoms with van der Waals surface area (Å²) in [7, 11) is 0. The lowest BCUT2D eigenvalue weighted by molar-refractivity contribution is -0.141. The third-order valence-corrected chi connectivity index (χ3v) is 2.62. The van der Waals surface area contributed by atoms with Crippen molar-refractivity contribution in [3.8, 4) is 0 Å². The summed E-state index contributed by atoms with van der Waals surface area (Å²) in [6, 6.07) is -0.695. The minimum absolute atomic E-state index is 0.105. The van der Waals surface area contributed by atoms with Crippen molar-refractivity contribution in [2.24, 2.45) is 0 Å². The molecule has 1 aliphatic rings. The van der Waals surface area contributed by atoms with Crippen LogP contribution in [0.15, 0.2) is 0 Å². The van der Waals surface area contributed by atoms with Crippen LogP contribution in [0.3, 0.4) is 0 Å². The summed E-state index contributed by atoms with van der Waals surface area (Å²) in [5, 5.41) is 18.5. The van der Waals surface area contributed by atoms with Crippen molar-refractivity contribution in [3.05, 3.63) is 0 Å². The molecule has 0 aromatic heterocycles. The molecule has 1 amide bonds. The van der Waals surface area contributed by atoms with Gasteiger partial charge in [0.15, 0.2) is 0 Å². The maximum atomic E-state index is 12.0. The molecule has 19 heavy (non-hydrogen) atoms. The van der Waals surface area contributed by atoms with Crippen LogP contribution in [0.5, 0.6) is 0 Å². The number of ether oxygens (including phenoxy) is 2. The lowest BCUT2D eigenvalue weighted by Crippen LogP contribution is -2.55. The van der Waals surface area contributed by atoms with E-state index >= 15 is 0 Å². The first-order valence-corrected chi connectivity index (χ1v) is 6.18. The first-order chi connectivity index (χ1) is 8.70. The summed E-state index contributed by atoms with van der Waals surface area (Å²) >= 11 is 0. The van der Waals surface area contributed by atoms with Gasteiger partial charge in [-0.1, -0.05) is 0 Å². The maximum Gasteiger partial charge on any atom is 0.410 e. The zero-order valence-corrected chi connectivity index (χ0v) is 11.5. The van der Waals surface area contributed by atoms with Crippen LogP contribution in [-0.2, 0) is 14.3 Å². The van der Waals surface area contributed by atoms with Crippen molar-refractivity contribution in [2.75, 3.05) is 19.8 Å². The number of aliphatic hydroxyl groups excluding tert-OH is 1. The molecule has 0 aromatic carbocycles. The van der Waals surface area contributed by atoms with E-state index in [9.17, 15) is 14.7 Å². The highest BCUT2D eigenvalue weighted by atomic mass is 16.6. The second kappa shape index (κ2) is 6.21. The molecule has 0 spiro atoms. The van der Waals surface area contributed by atoms with E-state index in [1.165, 1.54) is 4.90 Å². The molecular weight excluding hydrogens is 254 g/mol. The fourth-order valence-corrected chi connectivity index (χ4v) is 1.80. The van der Waals surface area contributed by atoms with Crippen molar-refractivity contribution in [2.45, 2.75) is 44.9 Å². The second-order valence-corrected chi connectivity index (χ2v) is 5.48. The minimum atomic E-state index is -1.18. The smallest absolute Gasteiger partial charge is 0.410 e. The molecule has 0 aromatic rings. The molecule has 1 aliphatic heterocycles. The van der Waals surface area contributed by atoms with Crippen molar-refractivity contribution in [1.29, 1.82) is 0 Å². The first kappa shape index (κ1) is 15.7. The van der Waals surface area contributed by atoms with Gasteiger partial charge in [0.1, 0.15) is 5.60 Å². The number of hydrogen-bond acceptors (Lipinski definition) is 5. The van der Waals surface area contributed by atoms with Gasteiger partial charge in [-0.3, -0.25) is 9.69 Å². The van der Waals surface area contributed by atoms with Gasteiger partial charge in [-0.15, -0.1) is 0 Å². The second-order valence-electron chi connectivity index (χ2n) is 5.48. The highest BCUT2D eigenvalue weighted by Crippen LogP contribution is 2.17. The first-order valence-electron chi connectivity index (χ1n) is 6.18. The average molecular weight is 275 g/mol. The van der Waals surface area contributed by atoms with Gasteiger partial charge in [-0.2, -0.15) is 0 Å². The standard InChI is InChI=1S/C12H21NO6/c1-12(2,3)19-11(17)13-4-5-18-7-8(13)9(14)6-10(15)16/h8-9,14H,4-7H2,1-3H3,(H,15,16)/t8?,9-/m0/s1. The van der Waals surface area contributed by atoms with Crippen molar-refractivity contribution in [3.63, 3.8) is 0 Å². The Hall–Kier alpha value is -1.34. The summed E-state index contributed by atoms with van der Waals surface area (Å²) in [6.07, 6.45) is -2.18. The SMILES string of the molecule is CC(C)(C)OC(=O)N1CCOCC1[C@@H](O)CC(=O)O. The minimum Gasteiger partial charge on any atom is -0.481 e. The van der Waals surface area contributed by atoms with Crippen LogP contribution in [0.25, 0.3) is 0 Å². The van der Waals surface area contributed by atoms with Gasteiger partial charge in [0.2, 0.25) is 0 Å². The number of rotatable bonds is 3. The van der Waals surface area contributed by atoms with Gasteiger partial charge in [0.25, 0.3) is 0 Å². The number of nitrogens with zero attached hydrogens (tertiary/aromatic N) is 1. The molecule has 0 saturated carbocycles. The number of hydrogen-bond donors (Lipinski definition) is 2. The van der Waals surface area contributed by atoms with Crippen LogP contribution in [0.2, 0.25) is 0 Å². The van der Waals surface area contributed by atoms with Crippen LogP contribution in [-0.4, -0.2) is 64.7 Å². The number of carbonyl (C=O) groups is 2. The van der Waals surface area contributed by atoms with Gasteiger partial charge < -0.3 is 19.7 Å². The summed E-state index contributed by atoms with van der Waals surface area (Å²) in [6.45, 7) is 5.95. The number of carboxylic acids is 1. The Morgan fingerprint density at radius 3 is 2.63 bits per heavy atom. The number of carboxylic acid groups (broad SMARTS) is 1. The zero-order chi connectivity index (χ0) is 14.6. The fraction of sp³-hybridized carbons (Fsp3) is 0.833. The van der Waals surface area contributed by atoms with E-state index in [1.54, 1.807) is 20.8 Å². The van der Waals surface area contributed by atoms with E-state index in [2.05, 4.69) is 0 Å². The molecule has 0 radical (unpaired) electrons. The Bertz CT molecular complexity index is 338. The molecule has 7 nitrogen and oxygen atoms in total. The van der Waals surface area contributed by atoms with E-state index in [0.717, 1.165) is 0 Å². The molecule has 1 unspecified atom stereocenters. The summed E-state index contributed by atoms with van der Waals surface area (Å²) < 4.78 is 10.4. The van der Waals surface area contributed by atoms with Gasteiger partial charge >= 0.3 is 12.1 Å². The molecule has 2 N–H and O–H groups in total. The Balaban J connectivity index is 2.71. The van der Waals surface area contributed by atoms with Crippen LogP contribution in [0.1, 0.15) is 27.2 Å². The van der Waals surface area contributed by atoms with Gasteiger partial charge in [-0.05, 0) is 20.8 Å². The third kappa shape index (κ3) is 5.04. The lowest BCUT2D eigenvalue weighted by atomic mass is 10.1. The predicted octanol–water partition coefficient (Wildman–Crippen LogP) is 0.458. The molecule has 7 heteroatoms. The highest BCUT2D eigenvalue weighted by molar-refractivity contribution is 5.70. The monoisotopic (exact) mass is 275 g/mol. The Labute approximate surface area is 112 Å². The Morgan fingerprint density at radius 1 is 1.47 bits per heavy atom. The molecular formula is C12H21NO6. The molecule has 110 valence electrons. The Kier molecular flexibility index (Phi) is 5.13. The van der Waals surface area contributed by atoms with E-state index < -0.39 is 36.2 Å². The third-order valence-electron chi connectivity index (χ3n) is 2.62. The normalized spacial score (nSPS) is 21.9. The molecule has 1 fully saturated rings. The molecule has 2 atom stereocenters. The topological polar surface area (TPSA) is 96.3 Å². The predicted molar refractivity (Wildman–Crippen MR) is 65.8 cm³/mol. The highest BCUT2D eigenvalue weighted by Gasteiger charge is 2.36. The van der Waals surface area contributed by atoms with Crippen LogP contribution < -0.4 is 0 Å². The van der Waals surface area contributed by atoms with Crippen LogP contribution in [0.4, 0.5) is 4.79 Å². The van der Waals surface area contributed by atoms with Crippen molar-refractivity contribution in [1.82, 2.24) is 4.90 Å². The quantitative estimate of drug-likeness (QED) is 0.776. The number of morpholine rings is 1. The summed E-state index contributed by atoms with van der Waals surface area (Å²) in [4.78, 5) is 24.0.